The SMILES string of the molecule is CC1=C(C)C(C)(C)C(c2c(C)cc(CC(C)C)c(O)c2CC(C)C)=C1C.[Cl-].[Cl-].[Ti+2]. The molecular formula is C25H38Cl2OTi. The maximum Gasteiger partial charge on any atom is 2.00 e. The fraction of sp³-hybridized carbons (Fsp3) is 0.600. The van der Waals surface area contributed by atoms with Crippen molar-refractivity contribution in [3.8, 4) is 5.75 Å². The minimum atomic E-state index is 0. The van der Waals surface area contributed by atoms with Crippen molar-refractivity contribution in [1.29, 1.82) is 0 Å². The molecule has 162 valence electrons. The van der Waals surface area contributed by atoms with Gasteiger partial charge in [0, 0.05) is 11.0 Å². The number of hydrogen-bond donors (Lipinski definition) is 1. The van der Waals surface area contributed by atoms with Gasteiger partial charge in [-0.3, -0.25) is 0 Å². The Balaban J connectivity index is 0. The standard InChI is InChI=1S/C25H38O.2ClH.Ti/c1-14(2)11-20-13-16(5)22(21(24(20)26)12-15(3)4)23-18(7)17(6)19(8)25(23,9)10;;;/h13-15,26H,11-12H2,1-10H3;2*1H;/q;;;+2/p-2. The number of aromatic hydroxyl groups is 1. The summed E-state index contributed by atoms with van der Waals surface area (Å²) in [5, 5.41) is 11.2. The summed E-state index contributed by atoms with van der Waals surface area (Å²) in [6, 6.07) is 2.23. The molecule has 0 aliphatic heterocycles. The Morgan fingerprint density at radius 1 is 0.862 bits per heavy atom. The molecule has 1 N–H and O–H groups in total. The molecule has 0 aromatic heterocycles. The van der Waals surface area contributed by atoms with E-state index in [-0.39, 0.29) is 51.9 Å². The summed E-state index contributed by atoms with van der Waals surface area (Å²) in [7, 11) is 0. The third kappa shape index (κ3) is 5.94. The molecule has 0 atom stereocenters. The van der Waals surface area contributed by atoms with Gasteiger partial charge in [-0.25, -0.2) is 0 Å². The first-order chi connectivity index (χ1) is 11.9. The second-order valence-electron chi connectivity index (χ2n) is 9.63. The van der Waals surface area contributed by atoms with Crippen LogP contribution in [0.3, 0.4) is 0 Å². The molecule has 0 bridgehead atoms. The van der Waals surface area contributed by atoms with Crippen molar-refractivity contribution in [3.05, 3.63) is 45.0 Å². The Morgan fingerprint density at radius 3 is 1.72 bits per heavy atom. The number of allylic oxidation sites excluding steroid dienone is 4. The largest absolute Gasteiger partial charge is 2.00 e. The molecule has 1 nitrogen and oxygen atoms in total. The zero-order valence-electron chi connectivity index (χ0n) is 19.8. The molecule has 0 unspecified atom stereocenters. The molecule has 0 fully saturated rings. The van der Waals surface area contributed by atoms with Crippen molar-refractivity contribution in [2.45, 2.75) is 82.1 Å². The van der Waals surface area contributed by atoms with E-state index < -0.39 is 0 Å². The van der Waals surface area contributed by atoms with Crippen molar-refractivity contribution < 1.29 is 51.6 Å². The van der Waals surface area contributed by atoms with Gasteiger partial charge in [0.25, 0.3) is 0 Å². The van der Waals surface area contributed by atoms with Gasteiger partial charge in [0.05, 0.1) is 0 Å². The van der Waals surface area contributed by atoms with Crippen LogP contribution in [0.15, 0.2) is 22.8 Å². The molecule has 0 heterocycles. The zero-order valence-corrected chi connectivity index (χ0v) is 22.9. The normalized spacial score (nSPS) is 15.4. The first-order valence-corrected chi connectivity index (χ1v) is 10.1. The van der Waals surface area contributed by atoms with Gasteiger partial charge in [-0.2, -0.15) is 0 Å². The molecule has 1 aromatic carbocycles. The van der Waals surface area contributed by atoms with Crippen LogP contribution in [0.5, 0.6) is 5.75 Å². The Hall–Kier alpha value is -0.206. The monoisotopic (exact) mass is 472 g/mol. The molecule has 0 saturated heterocycles. The van der Waals surface area contributed by atoms with E-state index in [1.807, 2.05) is 0 Å². The topological polar surface area (TPSA) is 20.2 Å². The second-order valence-corrected chi connectivity index (χ2v) is 9.63. The van der Waals surface area contributed by atoms with Gasteiger partial charge < -0.3 is 29.9 Å². The van der Waals surface area contributed by atoms with Crippen LogP contribution in [-0.2, 0) is 34.6 Å². The fourth-order valence-corrected chi connectivity index (χ4v) is 4.60. The van der Waals surface area contributed by atoms with Crippen LogP contribution < -0.4 is 24.8 Å². The smallest absolute Gasteiger partial charge is 1.00 e. The number of aryl methyl sites for hydroxylation is 1. The fourth-order valence-electron chi connectivity index (χ4n) is 4.60. The Morgan fingerprint density at radius 2 is 1.34 bits per heavy atom. The average Bonchev–Trinajstić information content (AvgIpc) is 2.65. The van der Waals surface area contributed by atoms with Crippen LogP contribution in [0, 0.1) is 24.2 Å². The van der Waals surface area contributed by atoms with E-state index >= 15 is 0 Å². The molecule has 2 rings (SSSR count). The van der Waals surface area contributed by atoms with Crippen molar-refractivity contribution in [2.75, 3.05) is 0 Å². The first-order valence-electron chi connectivity index (χ1n) is 10.1. The molecule has 29 heavy (non-hydrogen) atoms. The molecule has 1 aliphatic rings. The van der Waals surface area contributed by atoms with E-state index in [0.29, 0.717) is 17.6 Å². The number of phenols is 1. The molecule has 0 spiro atoms. The van der Waals surface area contributed by atoms with Crippen molar-refractivity contribution in [1.82, 2.24) is 0 Å². The predicted molar refractivity (Wildman–Crippen MR) is 115 cm³/mol. The van der Waals surface area contributed by atoms with Gasteiger partial charge in [0.1, 0.15) is 5.75 Å². The van der Waals surface area contributed by atoms with Crippen LogP contribution in [-0.4, -0.2) is 5.11 Å². The Bertz CT molecular complexity index is 787. The Labute approximate surface area is 206 Å². The van der Waals surface area contributed by atoms with E-state index in [1.165, 1.54) is 33.4 Å². The van der Waals surface area contributed by atoms with E-state index in [0.717, 1.165) is 24.0 Å². The number of hydrogen-bond acceptors (Lipinski definition) is 1. The van der Waals surface area contributed by atoms with Crippen LogP contribution in [0.2, 0.25) is 0 Å². The summed E-state index contributed by atoms with van der Waals surface area (Å²) < 4.78 is 0. The third-order valence-corrected chi connectivity index (χ3v) is 6.23. The van der Waals surface area contributed by atoms with E-state index in [4.69, 9.17) is 0 Å². The van der Waals surface area contributed by atoms with E-state index in [1.54, 1.807) is 0 Å². The van der Waals surface area contributed by atoms with Gasteiger partial charge in [-0.1, -0.05) is 53.2 Å². The number of phenolic OH excluding ortho intramolecular Hbond substituents is 1. The maximum atomic E-state index is 11.2. The average molecular weight is 473 g/mol. The van der Waals surface area contributed by atoms with Crippen LogP contribution in [0.25, 0.3) is 5.57 Å². The summed E-state index contributed by atoms with van der Waals surface area (Å²) in [6.07, 6.45) is 1.84. The second kappa shape index (κ2) is 11.4. The van der Waals surface area contributed by atoms with Gasteiger partial charge >= 0.3 is 21.7 Å². The van der Waals surface area contributed by atoms with E-state index in [2.05, 4.69) is 75.3 Å². The summed E-state index contributed by atoms with van der Waals surface area (Å²) in [5.41, 5.74) is 10.5. The first kappa shape index (κ1) is 31.0. The molecule has 0 radical (unpaired) electrons. The van der Waals surface area contributed by atoms with Gasteiger partial charge in [-0.05, 0) is 85.8 Å². The van der Waals surface area contributed by atoms with Gasteiger partial charge in [-0.15, -0.1) is 0 Å². The summed E-state index contributed by atoms with van der Waals surface area (Å²) in [4.78, 5) is 0. The van der Waals surface area contributed by atoms with Crippen LogP contribution in [0.1, 0.15) is 84.6 Å². The molecule has 4 heteroatoms. The van der Waals surface area contributed by atoms with Gasteiger partial charge in [0.15, 0.2) is 0 Å². The quantitative estimate of drug-likeness (QED) is 0.639. The number of halogens is 2. The summed E-state index contributed by atoms with van der Waals surface area (Å²) in [5.74, 6) is 1.58. The molecule has 0 saturated carbocycles. The zero-order chi connectivity index (χ0) is 20.0. The molecule has 1 aliphatic carbocycles. The van der Waals surface area contributed by atoms with Crippen molar-refractivity contribution >= 4 is 5.57 Å². The summed E-state index contributed by atoms with van der Waals surface area (Å²) in [6.45, 7) is 22.5. The van der Waals surface area contributed by atoms with Crippen molar-refractivity contribution in [3.63, 3.8) is 0 Å². The third-order valence-electron chi connectivity index (χ3n) is 6.23. The van der Waals surface area contributed by atoms with E-state index in [9.17, 15) is 5.11 Å². The Kier molecular flexibility index (Phi) is 12.2. The number of rotatable bonds is 5. The molecule has 1 aromatic rings. The molecular weight excluding hydrogens is 435 g/mol. The minimum absolute atomic E-state index is 0. The number of benzene rings is 1. The van der Waals surface area contributed by atoms with Gasteiger partial charge in [0.2, 0.25) is 0 Å². The molecule has 0 amide bonds. The predicted octanol–water partition coefficient (Wildman–Crippen LogP) is 1.25. The van der Waals surface area contributed by atoms with Crippen molar-refractivity contribution in [2.24, 2.45) is 17.3 Å². The minimum Gasteiger partial charge on any atom is -1.00 e. The summed E-state index contributed by atoms with van der Waals surface area (Å²) >= 11 is 0. The van der Waals surface area contributed by atoms with Crippen LogP contribution >= 0.6 is 0 Å². The van der Waals surface area contributed by atoms with Crippen LogP contribution in [0.4, 0.5) is 0 Å². The maximum absolute atomic E-state index is 11.2.